The molecule has 0 saturated carbocycles. The lowest BCUT2D eigenvalue weighted by Gasteiger charge is -2.37. The molecule has 0 spiro atoms. The van der Waals surface area contributed by atoms with Gasteiger partial charge >= 0.3 is 0 Å². The molecule has 3 nitrogen and oxygen atoms in total. The Kier molecular flexibility index (Phi) is 4.77. The molecule has 0 aromatic rings. The minimum Gasteiger partial charge on any atom is -0.389 e. The van der Waals surface area contributed by atoms with Gasteiger partial charge in [-0.05, 0) is 13.8 Å². The van der Waals surface area contributed by atoms with Crippen LogP contribution in [0.5, 0.6) is 0 Å². The van der Waals surface area contributed by atoms with Crippen LogP contribution in [0.4, 0.5) is 0 Å². The number of nitrogens with zero attached hydrogens (tertiary/aromatic N) is 2. The second kappa shape index (κ2) is 5.43. The second-order valence-corrected chi connectivity index (χ2v) is 6.00. The van der Waals surface area contributed by atoms with E-state index in [-0.39, 0.29) is 0 Å². The average molecular weight is 277 g/mol. The predicted octanol–water partition coefficient (Wildman–Crippen LogP) is 1.28. The van der Waals surface area contributed by atoms with Crippen LogP contribution in [0.15, 0.2) is 11.1 Å². The molecule has 0 bridgehead atoms. The molecule has 1 rings (SSSR count). The molecule has 1 aliphatic heterocycles. The number of hydrogen-bond donors (Lipinski definition) is 1. The van der Waals surface area contributed by atoms with Crippen molar-refractivity contribution in [2.45, 2.75) is 19.4 Å². The van der Waals surface area contributed by atoms with E-state index < -0.39 is 5.60 Å². The molecule has 0 unspecified atom stereocenters. The summed E-state index contributed by atoms with van der Waals surface area (Å²) in [5.41, 5.74) is -0.582. The Morgan fingerprint density at radius 3 is 2.13 bits per heavy atom. The largest absolute Gasteiger partial charge is 0.389 e. The van der Waals surface area contributed by atoms with E-state index in [1.807, 2.05) is 13.8 Å². The van der Waals surface area contributed by atoms with Crippen LogP contribution in [0.3, 0.4) is 0 Å². The van der Waals surface area contributed by atoms with Crippen molar-refractivity contribution in [1.29, 1.82) is 0 Å². The van der Waals surface area contributed by atoms with E-state index in [0.29, 0.717) is 0 Å². The Bertz CT molecular complexity index is 217. The molecule has 1 saturated heterocycles. The lowest BCUT2D eigenvalue weighted by atomic mass is 10.1. The van der Waals surface area contributed by atoms with Crippen molar-refractivity contribution in [3.63, 3.8) is 0 Å². The van der Waals surface area contributed by atoms with E-state index in [1.54, 1.807) is 0 Å². The van der Waals surface area contributed by atoms with Gasteiger partial charge in [-0.2, -0.15) is 0 Å². The molecule has 0 aliphatic carbocycles. The van der Waals surface area contributed by atoms with Gasteiger partial charge in [0.25, 0.3) is 0 Å². The van der Waals surface area contributed by atoms with Crippen molar-refractivity contribution in [2.24, 2.45) is 0 Å². The van der Waals surface area contributed by atoms with Gasteiger partial charge in [0.1, 0.15) is 0 Å². The zero-order valence-electron chi connectivity index (χ0n) is 9.67. The number of aliphatic hydroxyl groups is 1. The number of piperazine rings is 1. The molecule has 1 heterocycles. The normalized spacial score (nSPS) is 20.5. The maximum Gasteiger partial charge on any atom is 0.0718 e. The van der Waals surface area contributed by atoms with Crippen LogP contribution in [-0.4, -0.2) is 59.8 Å². The molecule has 0 aromatic carbocycles. The van der Waals surface area contributed by atoms with Crippen LogP contribution in [0.2, 0.25) is 0 Å². The van der Waals surface area contributed by atoms with Gasteiger partial charge < -0.3 is 5.11 Å². The van der Waals surface area contributed by atoms with Crippen molar-refractivity contribution < 1.29 is 5.11 Å². The number of β-amino-alcohol motifs (C(OH)–C–C–N with tert-alkyl or cyclic N) is 1. The summed E-state index contributed by atoms with van der Waals surface area (Å²) < 4.78 is 1.04. The van der Waals surface area contributed by atoms with Crippen molar-refractivity contribution in [1.82, 2.24) is 9.80 Å². The lowest BCUT2D eigenvalue weighted by molar-refractivity contribution is 0.0192. The van der Waals surface area contributed by atoms with Gasteiger partial charge in [0.05, 0.1) is 5.60 Å². The van der Waals surface area contributed by atoms with Gasteiger partial charge in [-0.15, -0.1) is 0 Å². The van der Waals surface area contributed by atoms with Crippen LogP contribution in [-0.2, 0) is 0 Å². The highest BCUT2D eigenvalue weighted by Crippen LogP contribution is 2.11. The molecule has 0 amide bonds. The Morgan fingerprint density at radius 1 is 1.27 bits per heavy atom. The summed E-state index contributed by atoms with van der Waals surface area (Å²) in [6.45, 7) is 13.4. The molecule has 0 atom stereocenters. The summed E-state index contributed by atoms with van der Waals surface area (Å²) in [6, 6.07) is 0. The number of hydrogen-bond acceptors (Lipinski definition) is 3. The van der Waals surface area contributed by atoms with Crippen LogP contribution in [0, 0.1) is 0 Å². The highest BCUT2D eigenvalue weighted by Gasteiger charge is 2.22. The summed E-state index contributed by atoms with van der Waals surface area (Å²) in [5, 5.41) is 9.70. The summed E-state index contributed by atoms with van der Waals surface area (Å²) in [5.74, 6) is 0. The number of rotatable bonds is 4. The molecule has 15 heavy (non-hydrogen) atoms. The highest BCUT2D eigenvalue weighted by molar-refractivity contribution is 9.11. The molecule has 1 aliphatic rings. The monoisotopic (exact) mass is 276 g/mol. The van der Waals surface area contributed by atoms with Gasteiger partial charge in [0.2, 0.25) is 0 Å². The van der Waals surface area contributed by atoms with E-state index in [9.17, 15) is 5.11 Å². The maximum absolute atomic E-state index is 9.70. The summed E-state index contributed by atoms with van der Waals surface area (Å²) in [6.07, 6.45) is 0. The first-order chi connectivity index (χ1) is 6.87. The average Bonchev–Trinajstić information content (AvgIpc) is 2.05. The molecule has 1 N–H and O–H groups in total. The fourth-order valence-corrected chi connectivity index (χ4v) is 2.25. The summed E-state index contributed by atoms with van der Waals surface area (Å²) in [4.78, 5) is 4.69. The van der Waals surface area contributed by atoms with Crippen molar-refractivity contribution in [3.05, 3.63) is 11.1 Å². The molecule has 88 valence electrons. The Balaban J connectivity index is 2.27. The molecule has 0 radical (unpaired) electrons. The van der Waals surface area contributed by atoms with Gasteiger partial charge in [0.15, 0.2) is 0 Å². The molecule has 1 fully saturated rings. The molecular formula is C11H21BrN2O. The third-order valence-corrected chi connectivity index (χ3v) is 2.72. The number of halogens is 1. The van der Waals surface area contributed by atoms with E-state index in [4.69, 9.17) is 0 Å². The highest BCUT2D eigenvalue weighted by atomic mass is 79.9. The fourth-order valence-electron chi connectivity index (χ4n) is 1.90. The van der Waals surface area contributed by atoms with E-state index in [0.717, 1.165) is 43.8 Å². The molecule has 0 aromatic heterocycles. The minimum absolute atomic E-state index is 0.582. The van der Waals surface area contributed by atoms with Crippen LogP contribution < -0.4 is 0 Å². The third-order valence-electron chi connectivity index (χ3n) is 2.47. The van der Waals surface area contributed by atoms with Gasteiger partial charge in [-0.1, -0.05) is 22.5 Å². The third kappa shape index (κ3) is 5.66. The topological polar surface area (TPSA) is 26.7 Å². The Hall–Kier alpha value is 0.1000. The van der Waals surface area contributed by atoms with Crippen molar-refractivity contribution in [3.8, 4) is 0 Å². The maximum atomic E-state index is 9.70. The Labute approximate surface area is 101 Å². The van der Waals surface area contributed by atoms with Crippen molar-refractivity contribution >= 4 is 15.9 Å². The molecular weight excluding hydrogens is 256 g/mol. The van der Waals surface area contributed by atoms with Crippen LogP contribution >= 0.6 is 15.9 Å². The van der Waals surface area contributed by atoms with Gasteiger partial charge in [0, 0.05) is 43.8 Å². The smallest absolute Gasteiger partial charge is 0.0718 e. The van der Waals surface area contributed by atoms with Crippen molar-refractivity contribution in [2.75, 3.05) is 39.3 Å². The SMILES string of the molecule is C=C(Br)CN1CCN(CC(C)(C)O)CC1. The van der Waals surface area contributed by atoms with E-state index in [2.05, 4.69) is 32.3 Å². The fraction of sp³-hybridized carbons (Fsp3) is 0.818. The lowest BCUT2D eigenvalue weighted by Crippen LogP contribution is -2.50. The minimum atomic E-state index is -0.582. The zero-order valence-corrected chi connectivity index (χ0v) is 11.3. The first-order valence-electron chi connectivity index (χ1n) is 5.37. The van der Waals surface area contributed by atoms with Crippen LogP contribution in [0.25, 0.3) is 0 Å². The standard InChI is InChI=1S/C11H21BrN2O/c1-10(12)8-13-4-6-14(7-5-13)9-11(2,3)15/h15H,1,4-9H2,2-3H3. The summed E-state index contributed by atoms with van der Waals surface area (Å²) >= 11 is 3.38. The first-order valence-corrected chi connectivity index (χ1v) is 6.16. The van der Waals surface area contributed by atoms with E-state index in [1.165, 1.54) is 0 Å². The van der Waals surface area contributed by atoms with E-state index >= 15 is 0 Å². The zero-order chi connectivity index (χ0) is 11.5. The van der Waals surface area contributed by atoms with Gasteiger partial charge in [-0.3, -0.25) is 9.80 Å². The first kappa shape index (κ1) is 13.2. The van der Waals surface area contributed by atoms with Crippen LogP contribution in [0.1, 0.15) is 13.8 Å². The molecule has 4 heteroatoms. The summed E-state index contributed by atoms with van der Waals surface area (Å²) in [7, 11) is 0. The predicted molar refractivity (Wildman–Crippen MR) is 67.2 cm³/mol. The Morgan fingerprint density at radius 2 is 1.73 bits per heavy atom. The van der Waals surface area contributed by atoms with Gasteiger partial charge in [-0.25, -0.2) is 0 Å². The quantitative estimate of drug-likeness (QED) is 0.838. The second-order valence-electron chi connectivity index (χ2n) is 4.88.